The fourth-order valence-electron chi connectivity index (χ4n) is 1.96. The Bertz CT molecular complexity index is 441. The molecule has 0 aliphatic heterocycles. The van der Waals surface area contributed by atoms with Crippen molar-refractivity contribution in [2.75, 3.05) is 14.2 Å². The fourth-order valence-corrected chi connectivity index (χ4v) is 2.45. The summed E-state index contributed by atoms with van der Waals surface area (Å²) in [7, 11) is 3.68. The van der Waals surface area contributed by atoms with Gasteiger partial charge in [0.2, 0.25) is 0 Å². The van der Waals surface area contributed by atoms with Crippen LogP contribution in [0.15, 0.2) is 16.6 Å². The molecule has 4 heteroatoms. The largest absolute Gasteiger partial charge is 0.503 e. The highest BCUT2D eigenvalue weighted by Gasteiger charge is 2.24. The second kappa shape index (κ2) is 6.14. The lowest BCUT2D eigenvalue weighted by atomic mass is 9.87. The maximum atomic E-state index is 9.81. The molecule has 0 aliphatic carbocycles. The molecule has 0 aliphatic rings. The van der Waals surface area contributed by atoms with Crippen LogP contribution in [0.2, 0.25) is 0 Å². The molecule has 0 amide bonds. The Morgan fingerprint density at radius 1 is 1.37 bits per heavy atom. The second-order valence-corrected chi connectivity index (χ2v) is 6.94. The number of phenolic OH excluding ortho intramolecular Hbond substituents is 1. The highest BCUT2D eigenvalue weighted by molar-refractivity contribution is 9.10. The van der Waals surface area contributed by atoms with E-state index >= 15 is 0 Å². The number of aromatic hydroxyl groups is 1. The molecule has 0 radical (unpaired) electrons. The molecule has 1 aromatic rings. The summed E-state index contributed by atoms with van der Waals surface area (Å²) in [5.41, 5.74) is 1.34. The first-order valence-corrected chi connectivity index (χ1v) is 7.21. The Morgan fingerprint density at radius 3 is 2.42 bits per heavy atom. The Labute approximate surface area is 124 Å². The van der Waals surface area contributed by atoms with Crippen LogP contribution in [0, 0.1) is 5.41 Å². The van der Waals surface area contributed by atoms with Crippen LogP contribution in [-0.2, 0) is 6.54 Å². The molecule has 108 valence electrons. The lowest BCUT2D eigenvalue weighted by Gasteiger charge is -2.35. The third-order valence-electron chi connectivity index (χ3n) is 3.65. The summed E-state index contributed by atoms with van der Waals surface area (Å²) < 4.78 is 5.84. The van der Waals surface area contributed by atoms with Gasteiger partial charge < -0.3 is 9.84 Å². The van der Waals surface area contributed by atoms with Crippen molar-refractivity contribution in [3.8, 4) is 11.5 Å². The first kappa shape index (κ1) is 16.3. The molecule has 1 aromatic carbocycles. The number of phenols is 1. The van der Waals surface area contributed by atoms with Crippen molar-refractivity contribution in [3.05, 3.63) is 22.2 Å². The lowest BCUT2D eigenvalue weighted by Crippen LogP contribution is -2.38. The van der Waals surface area contributed by atoms with Gasteiger partial charge >= 0.3 is 0 Å². The van der Waals surface area contributed by atoms with Crippen molar-refractivity contribution >= 4 is 15.9 Å². The Balaban J connectivity index is 2.91. The zero-order valence-electron chi connectivity index (χ0n) is 12.6. The van der Waals surface area contributed by atoms with Crippen molar-refractivity contribution < 1.29 is 9.84 Å². The molecule has 1 atom stereocenters. The van der Waals surface area contributed by atoms with E-state index in [1.165, 1.54) is 0 Å². The molecule has 0 fully saturated rings. The predicted octanol–water partition coefficient (Wildman–Crippen LogP) is 4.03. The molecule has 1 unspecified atom stereocenters. The van der Waals surface area contributed by atoms with Crippen LogP contribution in [0.1, 0.15) is 33.3 Å². The van der Waals surface area contributed by atoms with Gasteiger partial charge in [-0.3, -0.25) is 4.90 Å². The SMILES string of the molecule is COc1cc(CN(C)C(C)C(C)(C)C)cc(Br)c1O. The minimum absolute atomic E-state index is 0.151. The molecule has 0 saturated carbocycles. The van der Waals surface area contributed by atoms with Gasteiger partial charge in [-0.05, 0) is 53.0 Å². The van der Waals surface area contributed by atoms with E-state index in [1.807, 2.05) is 12.1 Å². The summed E-state index contributed by atoms with van der Waals surface area (Å²) in [4.78, 5) is 2.30. The molecule has 0 aromatic heterocycles. The standard InChI is InChI=1S/C15H24BrNO2/c1-10(15(2,3)4)17(5)9-11-7-12(16)14(18)13(8-11)19-6/h7-8,10,18H,9H2,1-6H3. The van der Waals surface area contributed by atoms with E-state index in [9.17, 15) is 5.11 Å². The van der Waals surface area contributed by atoms with Crippen molar-refractivity contribution in [2.24, 2.45) is 5.41 Å². The van der Waals surface area contributed by atoms with Crippen molar-refractivity contribution in [2.45, 2.75) is 40.3 Å². The van der Waals surface area contributed by atoms with E-state index in [2.05, 4.69) is 55.6 Å². The molecule has 0 saturated heterocycles. The van der Waals surface area contributed by atoms with Crippen molar-refractivity contribution in [3.63, 3.8) is 0 Å². The van der Waals surface area contributed by atoms with Crippen LogP contribution >= 0.6 is 15.9 Å². The highest BCUT2D eigenvalue weighted by Crippen LogP contribution is 2.36. The smallest absolute Gasteiger partial charge is 0.172 e. The van der Waals surface area contributed by atoms with E-state index in [0.717, 1.165) is 12.1 Å². The van der Waals surface area contributed by atoms with Crippen LogP contribution in [0.3, 0.4) is 0 Å². The van der Waals surface area contributed by atoms with E-state index in [1.54, 1.807) is 7.11 Å². The second-order valence-electron chi connectivity index (χ2n) is 6.09. The number of rotatable bonds is 4. The minimum atomic E-state index is 0.151. The molecule has 3 nitrogen and oxygen atoms in total. The van der Waals surface area contributed by atoms with Crippen LogP contribution in [-0.4, -0.2) is 30.2 Å². The minimum Gasteiger partial charge on any atom is -0.503 e. The Hall–Kier alpha value is -0.740. The quantitative estimate of drug-likeness (QED) is 0.905. The Morgan fingerprint density at radius 2 is 1.95 bits per heavy atom. The van der Waals surface area contributed by atoms with Crippen LogP contribution < -0.4 is 4.74 Å². The summed E-state index contributed by atoms with van der Waals surface area (Å²) >= 11 is 3.36. The summed E-state index contributed by atoms with van der Waals surface area (Å²) in [6, 6.07) is 4.27. The third-order valence-corrected chi connectivity index (χ3v) is 4.26. The van der Waals surface area contributed by atoms with Crippen molar-refractivity contribution in [1.29, 1.82) is 0 Å². The number of hydrogen-bond acceptors (Lipinski definition) is 3. The summed E-state index contributed by atoms with van der Waals surface area (Å²) in [6.07, 6.45) is 0. The van der Waals surface area contributed by atoms with Gasteiger partial charge in [0.15, 0.2) is 11.5 Å². The van der Waals surface area contributed by atoms with Gasteiger partial charge in [0.1, 0.15) is 0 Å². The van der Waals surface area contributed by atoms with E-state index in [0.29, 0.717) is 16.3 Å². The average molecular weight is 330 g/mol. The molecule has 1 rings (SSSR count). The first-order valence-electron chi connectivity index (χ1n) is 6.42. The first-order chi connectivity index (χ1) is 8.66. The molecule has 0 bridgehead atoms. The molecular formula is C15H24BrNO2. The summed E-state index contributed by atoms with van der Waals surface area (Å²) in [5.74, 6) is 0.652. The monoisotopic (exact) mass is 329 g/mol. The van der Waals surface area contributed by atoms with Gasteiger partial charge in [0.25, 0.3) is 0 Å². The number of methoxy groups -OCH3 is 1. The number of ether oxygens (including phenoxy) is 1. The van der Waals surface area contributed by atoms with Gasteiger partial charge in [-0.2, -0.15) is 0 Å². The van der Waals surface area contributed by atoms with Gasteiger partial charge in [0, 0.05) is 12.6 Å². The number of hydrogen-bond donors (Lipinski definition) is 1. The van der Waals surface area contributed by atoms with Gasteiger partial charge in [-0.15, -0.1) is 0 Å². The number of benzene rings is 1. The van der Waals surface area contributed by atoms with Crippen LogP contribution in [0.25, 0.3) is 0 Å². The predicted molar refractivity (Wildman–Crippen MR) is 82.7 cm³/mol. The van der Waals surface area contributed by atoms with Gasteiger partial charge in [0.05, 0.1) is 11.6 Å². The highest BCUT2D eigenvalue weighted by atomic mass is 79.9. The molecule has 0 spiro atoms. The van der Waals surface area contributed by atoms with Crippen LogP contribution in [0.4, 0.5) is 0 Å². The van der Waals surface area contributed by atoms with E-state index < -0.39 is 0 Å². The van der Waals surface area contributed by atoms with Gasteiger partial charge in [-0.25, -0.2) is 0 Å². The number of halogens is 1. The summed E-state index contributed by atoms with van der Waals surface area (Å²) in [6.45, 7) is 9.75. The van der Waals surface area contributed by atoms with Crippen molar-refractivity contribution in [1.82, 2.24) is 4.90 Å². The topological polar surface area (TPSA) is 32.7 Å². The van der Waals surface area contributed by atoms with E-state index in [-0.39, 0.29) is 11.2 Å². The normalized spacial score (nSPS) is 13.7. The van der Waals surface area contributed by atoms with E-state index in [4.69, 9.17) is 4.74 Å². The molecule has 0 heterocycles. The Kier molecular flexibility index (Phi) is 5.27. The maximum Gasteiger partial charge on any atom is 0.172 e. The third kappa shape index (κ3) is 4.11. The zero-order chi connectivity index (χ0) is 14.8. The molecule has 1 N–H and O–H groups in total. The molecule has 19 heavy (non-hydrogen) atoms. The maximum absolute atomic E-state index is 9.81. The average Bonchev–Trinajstić information content (AvgIpc) is 2.31. The van der Waals surface area contributed by atoms with Crippen LogP contribution in [0.5, 0.6) is 11.5 Å². The zero-order valence-corrected chi connectivity index (χ0v) is 14.2. The number of nitrogens with zero attached hydrogens (tertiary/aromatic N) is 1. The fraction of sp³-hybridized carbons (Fsp3) is 0.600. The molecular weight excluding hydrogens is 306 g/mol. The van der Waals surface area contributed by atoms with Gasteiger partial charge in [-0.1, -0.05) is 20.8 Å². The summed E-state index contributed by atoms with van der Waals surface area (Å²) in [5, 5.41) is 9.81. The lowest BCUT2D eigenvalue weighted by molar-refractivity contribution is 0.134.